The van der Waals surface area contributed by atoms with Crippen LogP contribution in [0, 0.1) is 5.82 Å². The van der Waals surface area contributed by atoms with Gasteiger partial charge in [0.05, 0.1) is 4.34 Å². The molecule has 114 valence electrons. The Morgan fingerprint density at radius 3 is 2.57 bits per heavy atom. The van der Waals surface area contributed by atoms with E-state index in [0.717, 1.165) is 10.9 Å². The number of hydrogen-bond donors (Lipinski definition) is 1. The Morgan fingerprint density at radius 2 is 2.00 bits per heavy atom. The van der Waals surface area contributed by atoms with Crippen LogP contribution in [-0.2, 0) is 13.0 Å². The molecule has 21 heavy (non-hydrogen) atoms. The molecule has 1 unspecified atom stereocenters. The number of rotatable bonds is 6. The fourth-order valence-electron chi connectivity index (χ4n) is 2.28. The number of halogens is 2. The molecule has 2 nitrogen and oxygen atoms in total. The molecular formula is C16H20ClFN2S. The number of likely N-dealkylation sites (N-methyl/N-ethyl adjacent to an activating group) is 1. The van der Waals surface area contributed by atoms with Gasteiger partial charge in [0.15, 0.2) is 0 Å². The summed E-state index contributed by atoms with van der Waals surface area (Å²) >= 11 is 7.53. The molecule has 5 heteroatoms. The fourth-order valence-corrected chi connectivity index (χ4v) is 3.42. The Kier molecular flexibility index (Phi) is 5.38. The number of thiophene rings is 1. The van der Waals surface area contributed by atoms with Crippen LogP contribution in [0.4, 0.5) is 4.39 Å². The third-order valence-corrected chi connectivity index (χ3v) is 5.13. The van der Waals surface area contributed by atoms with Gasteiger partial charge in [0.1, 0.15) is 5.82 Å². The second-order valence-electron chi connectivity index (χ2n) is 5.53. The van der Waals surface area contributed by atoms with Gasteiger partial charge in [0.25, 0.3) is 0 Å². The smallest absolute Gasteiger partial charge is 0.126 e. The SMILES string of the molecule is CN(Cc1ccc(Cl)s1)C(C)(CN)Cc1ccccc1F. The van der Waals surface area contributed by atoms with Gasteiger partial charge in [-0.25, -0.2) is 4.39 Å². The first-order chi connectivity index (χ1) is 9.94. The van der Waals surface area contributed by atoms with E-state index in [4.69, 9.17) is 17.3 Å². The van der Waals surface area contributed by atoms with Crippen LogP contribution in [-0.4, -0.2) is 24.0 Å². The van der Waals surface area contributed by atoms with Crippen molar-refractivity contribution in [1.82, 2.24) is 4.90 Å². The number of nitrogens with two attached hydrogens (primary N) is 1. The van der Waals surface area contributed by atoms with Gasteiger partial charge in [0.2, 0.25) is 0 Å². The first-order valence-corrected chi connectivity index (χ1v) is 8.03. The van der Waals surface area contributed by atoms with Crippen molar-refractivity contribution in [2.75, 3.05) is 13.6 Å². The molecule has 2 rings (SSSR count). The van der Waals surface area contributed by atoms with Crippen LogP contribution in [0.3, 0.4) is 0 Å². The van der Waals surface area contributed by atoms with Gasteiger partial charge >= 0.3 is 0 Å². The van der Waals surface area contributed by atoms with Crippen molar-refractivity contribution < 1.29 is 4.39 Å². The minimum absolute atomic E-state index is 0.176. The zero-order chi connectivity index (χ0) is 15.5. The van der Waals surface area contributed by atoms with Gasteiger partial charge in [-0.1, -0.05) is 29.8 Å². The van der Waals surface area contributed by atoms with Crippen LogP contribution in [0.25, 0.3) is 0 Å². The molecule has 0 saturated carbocycles. The summed E-state index contributed by atoms with van der Waals surface area (Å²) in [4.78, 5) is 3.34. The van der Waals surface area contributed by atoms with E-state index in [-0.39, 0.29) is 11.4 Å². The van der Waals surface area contributed by atoms with Crippen molar-refractivity contribution in [3.05, 3.63) is 57.0 Å². The van der Waals surface area contributed by atoms with Crippen molar-refractivity contribution in [3.8, 4) is 0 Å². The Hall–Kier alpha value is -0.940. The average Bonchev–Trinajstić information content (AvgIpc) is 2.86. The minimum Gasteiger partial charge on any atom is -0.329 e. The topological polar surface area (TPSA) is 29.3 Å². The molecular weight excluding hydrogens is 307 g/mol. The summed E-state index contributed by atoms with van der Waals surface area (Å²) in [6.07, 6.45) is 0.575. The van der Waals surface area contributed by atoms with Gasteiger partial charge in [-0.15, -0.1) is 11.3 Å². The monoisotopic (exact) mass is 326 g/mol. The van der Waals surface area contributed by atoms with Crippen LogP contribution < -0.4 is 5.73 Å². The highest BCUT2D eigenvalue weighted by molar-refractivity contribution is 7.16. The third kappa shape index (κ3) is 4.04. The first kappa shape index (κ1) is 16.4. The summed E-state index contributed by atoms with van der Waals surface area (Å²) < 4.78 is 14.7. The zero-order valence-corrected chi connectivity index (χ0v) is 13.8. The lowest BCUT2D eigenvalue weighted by molar-refractivity contribution is 0.136. The second kappa shape index (κ2) is 6.88. The Balaban J connectivity index is 2.14. The molecule has 0 fully saturated rings. The molecule has 0 aliphatic rings. The molecule has 0 aliphatic carbocycles. The quantitative estimate of drug-likeness (QED) is 0.871. The predicted molar refractivity (Wildman–Crippen MR) is 88.4 cm³/mol. The summed E-state index contributed by atoms with van der Waals surface area (Å²) in [6.45, 7) is 3.27. The van der Waals surface area contributed by atoms with Crippen LogP contribution in [0.1, 0.15) is 17.4 Å². The lowest BCUT2D eigenvalue weighted by Gasteiger charge is -2.38. The van der Waals surface area contributed by atoms with Crippen molar-refractivity contribution in [2.24, 2.45) is 5.73 Å². The molecule has 0 radical (unpaired) electrons. The molecule has 2 aromatic rings. The number of nitrogens with zero attached hydrogens (tertiary/aromatic N) is 1. The second-order valence-corrected chi connectivity index (χ2v) is 7.33. The van der Waals surface area contributed by atoms with E-state index in [1.165, 1.54) is 10.9 Å². The Bertz CT molecular complexity index is 601. The first-order valence-electron chi connectivity index (χ1n) is 6.83. The lowest BCUT2D eigenvalue weighted by Crippen LogP contribution is -2.51. The van der Waals surface area contributed by atoms with E-state index < -0.39 is 0 Å². The molecule has 1 aromatic heterocycles. The Labute approximate surface area is 134 Å². The molecule has 0 aliphatic heterocycles. The van der Waals surface area contributed by atoms with Gasteiger partial charge in [-0.3, -0.25) is 4.90 Å². The molecule has 0 bridgehead atoms. The summed E-state index contributed by atoms with van der Waals surface area (Å²) in [7, 11) is 2.02. The van der Waals surface area contributed by atoms with Crippen molar-refractivity contribution in [2.45, 2.75) is 25.4 Å². The number of hydrogen-bond acceptors (Lipinski definition) is 3. The van der Waals surface area contributed by atoms with Gasteiger partial charge < -0.3 is 5.73 Å². The molecule has 2 N–H and O–H groups in total. The molecule has 0 amide bonds. The third-order valence-electron chi connectivity index (χ3n) is 3.91. The summed E-state index contributed by atoms with van der Waals surface area (Å²) in [5.74, 6) is -0.176. The highest BCUT2D eigenvalue weighted by Crippen LogP contribution is 2.26. The van der Waals surface area contributed by atoms with Crippen LogP contribution in [0.2, 0.25) is 4.34 Å². The largest absolute Gasteiger partial charge is 0.329 e. The zero-order valence-electron chi connectivity index (χ0n) is 12.3. The maximum atomic E-state index is 13.9. The molecule has 1 heterocycles. The van der Waals surface area contributed by atoms with E-state index in [9.17, 15) is 4.39 Å². The van der Waals surface area contributed by atoms with E-state index in [2.05, 4.69) is 11.8 Å². The summed E-state index contributed by atoms with van der Waals surface area (Å²) in [5.41, 5.74) is 6.37. The van der Waals surface area contributed by atoms with Crippen LogP contribution >= 0.6 is 22.9 Å². The van der Waals surface area contributed by atoms with E-state index in [1.54, 1.807) is 17.4 Å². The maximum absolute atomic E-state index is 13.9. The minimum atomic E-state index is -0.307. The molecule has 1 atom stereocenters. The normalized spacial score (nSPS) is 14.4. The van der Waals surface area contributed by atoms with E-state index >= 15 is 0 Å². The van der Waals surface area contributed by atoms with Crippen molar-refractivity contribution in [3.63, 3.8) is 0 Å². The Morgan fingerprint density at radius 1 is 1.29 bits per heavy atom. The maximum Gasteiger partial charge on any atom is 0.126 e. The number of benzene rings is 1. The van der Waals surface area contributed by atoms with Crippen molar-refractivity contribution in [1.29, 1.82) is 0 Å². The molecule has 1 aromatic carbocycles. The fraction of sp³-hybridized carbons (Fsp3) is 0.375. The van der Waals surface area contributed by atoms with Crippen LogP contribution in [0.15, 0.2) is 36.4 Å². The van der Waals surface area contributed by atoms with Gasteiger partial charge in [-0.2, -0.15) is 0 Å². The predicted octanol–water partition coefficient (Wildman–Crippen LogP) is 3.93. The highest BCUT2D eigenvalue weighted by Gasteiger charge is 2.29. The molecule has 0 spiro atoms. The summed E-state index contributed by atoms with van der Waals surface area (Å²) in [5, 5.41) is 0. The van der Waals surface area contributed by atoms with Gasteiger partial charge in [-0.05, 0) is 44.2 Å². The highest BCUT2D eigenvalue weighted by atomic mass is 35.5. The standard InChI is InChI=1S/C16H20ClFN2S/c1-16(11-19,9-12-5-3-4-6-14(12)18)20(2)10-13-7-8-15(17)21-13/h3-8H,9-11,19H2,1-2H3. The van der Waals surface area contributed by atoms with Gasteiger partial charge in [0, 0.05) is 23.5 Å². The summed E-state index contributed by atoms with van der Waals surface area (Å²) in [6, 6.07) is 10.8. The van der Waals surface area contributed by atoms with Crippen molar-refractivity contribution >= 4 is 22.9 Å². The lowest BCUT2D eigenvalue weighted by atomic mass is 9.91. The van der Waals surface area contributed by atoms with Crippen LogP contribution in [0.5, 0.6) is 0 Å². The average molecular weight is 327 g/mol. The molecule has 0 saturated heterocycles. The van der Waals surface area contributed by atoms with E-state index in [1.807, 2.05) is 31.3 Å². The van der Waals surface area contributed by atoms with E-state index in [0.29, 0.717) is 18.5 Å².